The average Bonchev–Trinajstić information content (AvgIpc) is 2.39. The monoisotopic (exact) mass is 243 g/mol. The molecule has 1 radical (unpaired) electrons. The number of rotatable bonds is 10. The molecule has 0 saturated heterocycles. The summed E-state index contributed by atoms with van der Waals surface area (Å²) in [6.45, 7) is 5.91. The van der Waals surface area contributed by atoms with Crippen LogP contribution in [-0.2, 0) is 0 Å². The van der Waals surface area contributed by atoms with Crippen molar-refractivity contribution >= 4 is 0 Å². The Bertz CT molecular complexity index is 257. The maximum atomic E-state index is 3.75. The van der Waals surface area contributed by atoms with E-state index >= 15 is 0 Å². The highest BCUT2D eigenvalue weighted by Gasteiger charge is 1.74. The van der Waals surface area contributed by atoms with E-state index in [4.69, 9.17) is 0 Å². The molecule has 0 spiro atoms. The van der Waals surface area contributed by atoms with E-state index in [0.717, 1.165) is 38.5 Å². The first-order chi connectivity index (χ1) is 8.91. The molecule has 0 heterocycles. The third kappa shape index (κ3) is 14.7. The van der Waals surface area contributed by atoms with Gasteiger partial charge in [0.05, 0.1) is 0 Å². The molecule has 0 fully saturated rings. The van der Waals surface area contributed by atoms with E-state index in [0.29, 0.717) is 0 Å². The lowest BCUT2D eigenvalue weighted by Crippen LogP contribution is -1.64. The highest BCUT2D eigenvalue weighted by atomic mass is 13.8. The molecular weight excluding hydrogens is 216 g/mol. The van der Waals surface area contributed by atoms with Crippen LogP contribution < -0.4 is 0 Å². The van der Waals surface area contributed by atoms with Gasteiger partial charge in [-0.2, -0.15) is 0 Å². The third-order valence-corrected chi connectivity index (χ3v) is 2.32. The Kier molecular flexibility index (Phi) is 14.6. The van der Waals surface area contributed by atoms with Crippen molar-refractivity contribution in [2.24, 2.45) is 0 Å². The SMILES string of the molecule is [CH2]C/C=C/C/C=C/C/C=C/C/C=C/C/C=C/CC. The zero-order valence-corrected chi connectivity index (χ0v) is 11.7. The number of hydrogen-bond donors (Lipinski definition) is 0. The Hall–Kier alpha value is -1.30. The second kappa shape index (κ2) is 15.7. The average molecular weight is 243 g/mol. The van der Waals surface area contributed by atoms with Crippen LogP contribution in [-0.4, -0.2) is 0 Å². The number of allylic oxidation sites excluding steroid dienone is 10. The van der Waals surface area contributed by atoms with Crippen molar-refractivity contribution in [2.75, 3.05) is 0 Å². The molecule has 0 aliphatic rings. The van der Waals surface area contributed by atoms with Crippen molar-refractivity contribution < 1.29 is 0 Å². The van der Waals surface area contributed by atoms with Crippen LogP contribution in [0.3, 0.4) is 0 Å². The van der Waals surface area contributed by atoms with Crippen LogP contribution in [0.25, 0.3) is 0 Å². The van der Waals surface area contributed by atoms with Crippen LogP contribution in [0.4, 0.5) is 0 Å². The molecule has 0 aliphatic heterocycles. The molecule has 0 saturated carbocycles. The summed E-state index contributed by atoms with van der Waals surface area (Å²) in [5, 5.41) is 0. The van der Waals surface area contributed by atoms with Crippen LogP contribution >= 0.6 is 0 Å². The summed E-state index contributed by atoms with van der Waals surface area (Å²) >= 11 is 0. The predicted molar refractivity (Wildman–Crippen MR) is 84.4 cm³/mol. The quantitative estimate of drug-likeness (QED) is 0.415. The lowest BCUT2D eigenvalue weighted by Gasteiger charge is -1.85. The smallest absolute Gasteiger partial charge is 0.0169 e. The molecule has 0 aromatic rings. The minimum absolute atomic E-state index is 0.882. The molecule has 0 amide bonds. The van der Waals surface area contributed by atoms with Crippen LogP contribution in [0, 0.1) is 6.92 Å². The summed E-state index contributed by atoms with van der Waals surface area (Å²) in [5.41, 5.74) is 0. The first kappa shape index (κ1) is 16.7. The fraction of sp³-hybridized carbons (Fsp3) is 0.389. The van der Waals surface area contributed by atoms with E-state index < -0.39 is 0 Å². The van der Waals surface area contributed by atoms with Gasteiger partial charge >= 0.3 is 0 Å². The molecule has 0 N–H and O–H groups in total. The van der Waals surface area contributed by atoms with Gasteiger partial charge in [-0.1, -0.05) is 67.7 Å². The molecule has 99 valence electrons. The lowest BCUT2D eigenvalue weighted by molar-refractivity contribution is 1.19. The van der Waals surface area contributed by atoms with E-state index in [9.17, 15) is 0 Å². The van der Waals surface area contributed by atoms with Crippen molar-refractivity contribution in [3.05, 3.63) is 67.7 Å². The molecule has 0 rings (SSSR count). The van der Waals surface area contributed by atoms with Crippen LogP contribution in [0.1, 0.15) is 45.4 Å². The molecule has 0 aromatic heterocycles. The van der Waals surface area contributed by atoms with E-state index in [1.165, 1.54) is 0 Å². The Morgan fingerprint density at radius 1 is 0.556 bits per heavy atom. The molecule has 0 unspecified atom stereocenters. The largest absolute Gasteiger partial charge is 0.0885 e. The minimum Gasteiger partial charge on any atom is -0.0885 e. The van der Waals surface area contributed by atoms with Gasteiger partial charge in [0.15, 0.2) is 0 Å². The highest BCUT2D eigenvalue weighted by molar-refractivity contribution is 5.00. The van der Waals surface area contributed by atoms with Gasteiger partial charge in [-0.15, -0.1) is 0 Å². The molecule has 0 aromatic carbocycles. The summed E-state index contributed by atoms with van der Waals surface area (Å²) in [6.07, 6.45) is 28.1. The maximum Gasteiger partial charge on any atom is -0.0169 e. The fourth-order valence-corrected chi connectivity index (χ4v) is 1.37. The summed E-state index contributed by atoms with van der Waals surface area (Å²) in [6, 6.07) is 0. The van der Waals surface area contributed by atoms with Gasteiger partial charge in [0, 0.05) is 0 Å². The van der Waals surface area contributed by atoms with Crippen molar-refractivity contribution in [2.45, 2.75) is 45.4 Å². The van der Waals surface area contributed by atoms with E-state index in [2.05, 4.69) is 74.6 Å². The normalized spacial score (nSPS) is 13.2. The molecule has 0 nitrogen and oxygen atoms in total. The molecule has 0 atom stereocenters. The second-order valence-corrected chi connectivity index (χ2v) is 4.00. The highest BCUT2D eigenvalue weighted by Crippen LogP contribution is 1.95. The first-order valence-electron chi connectivity index (χ1n) is 6.96. The van der Waals surface area contributed by atoms with E-state index in [1.54, 1.807) is 0 Å². The first-order valence-corrected chi connectivity index (χ1v) is 6.96. The minimum atomic E-state index is 0.882. The Morgan fingerprint density at radius 3 is 1.22 bits per heavy atom. The topological polar surface area (TPSA) is 0 Å². The van der Waals surface area contributed by atoms with Gasteiger partial charge in [-0.3, -0.25) is 0 Å². The van der Waals surface area contributed by atoms with Gasteiger partial charge in [-0.05, 0) is 45.4 Å². The standard InChI is InChI=1S/C18H27/c1-3-5-7-9-11-13-15-17-18-16-14-12-10-8-6-4-2/h5-8,11-14,17-18H,1,3-4,9-10,15-16H2,2H3/b7-5+,8-6+,13-11+,14-12+,18-17+. The van der Waals surface area contributed by atoms with Crippen molar-refractivity contribution in [1.29, 1.82) is 0 Å². The van der Waals surface area contributed by atoms with E-state index in [1.807, 2.05) is 0 Å². The fourth-order valence-electron chi connectivity index (χ4n) is 1.37. The van der Waals surface area contributed by atoms with Crippen LogP contribution in [0.15, 0.2) is 60.8 Å². The predicted octanol–water partition coefficient (Wildman–Crippen LogP) is 5.96. The summed E-state index contributed by atoms with van der Waals surface area (Å²) < 4.78 is 0. The van der Waals surface area contributed by atoms with Gasteiger partial charge in [0.25, 0.3) is 0 Å². The Labute approximate surface area is 113 Å². The number of hydrogen-bond acceptors (Lipinski definition) is 0. The van der Waals surface area contributed by atoms with Crippen molar-refractivity contribution in [3.8, 4) is 0 Å². The van der Waals surface area contributed by atoms with Gasteiger partial charge < -0.3 is 0 Å². The Morgan fingerprint density at radius 2 is 0.889 bits per heavy atom. The zero-order valence-electron chi connectivity index (χ0n) is 11.7. The molecule has 18 heavy (non-hydrogen) atoms. The van der Waals surface area contributed by atoms with Gasteiger partial charge in [0.2, 0.25) is 0 Å². The molecule has 0 bridgehead atoms. The maximum absolute atomic E-state index is 3.75. The molecule has 0 heteroatoms. The lowest BCUT2D eigenvalue weighted by atomic mass is 10.2. The molecular formula is C18H27. The zero-order chi connectivity index (χ0) is 13.3. The van der Waals surface area contributed by atoms with Crippen molar-refractivity contribution in [1.82, 2.24) is 0 Å². The Balaban J connectivity index is 3.42. The molecule has 0 aliphatic carbocycles. The summed E-state index contributed by atoms with van der Waals surface area (Å²) in [4.78, 5) is 0. The van der Waals surface area contributed by atoms with Crippen LogP contribution in [0.2, 0.25) is 0 Å². The van der Waals surface area contributed by atoms with Crippen molar-refractivity contribution in [3.63, 3.8) is 0 Å². The van der Waals surface area contributed by atoms with Gasteiger partial charge in [0.1, 0.15) is 0 Å². The van der Waals surface area contributed by atoms with Gasteiger partial charge in [-0.25, -0.2) is 0 Å². The van der Waals surface area contributed by atoms with Crippen LogP contribution in [0.5, 0.6) is 0 Å². The second-order valence-electron chi connectivity index (χ2n) is 4.00. The third-order valence-electron chi connectivity index (χ3n) is 2.32. The summed E-state index contributed by atoms with van der Waals surface area (Å²) in [5.74, 6) is 0. The summed E-state index contributed by atoms with van der Waals surface area (Å²) in [7, 11) is 0. The van der Waals surface area contributed by atoms with E-state index in [-0.39, 0.29) is 0 Å².